The molecule has 2 aromatic rings. The lowest BCUT2D eigenvalue weighted by atomic mass is 10.0. The second-order valence-corrected chi connectivity index (χ2v) is 6.18. The molecule has 2 heterocycles. The number of fused-ring (bicyclic) bond motifs is 1. The van der Waals surface area contributed by atoms with Gasteiger partial charge in [0.05, 0.1) is 13.2 Å². The highest BCUT2D eigenvalue weighted by atomic mass is 16.5. The molecule has 120 valence electrons. The number of hydrogen-bond donors (Lipinski definition) is 1. The lowest BCUT2D eigenvalue weighted by Crippen LogP contribution is -2.36. The Hall–Kier alpha value is -2.14. The Morgan fingerprint density at radius 2 is 2.04 bits per heavy atom. The Labute approximate surface area is 136 Å². The first-order valence-electron chi connectivity index (χ1n) is 8.36. The number of nitrogens with zero attached hydrogens (tertiary/aromatic N) is 3. The van der Waals surface area contributed by atoms with Crippen molar-refractivity contribution in [1.29, 1.82) is 0 Å². The molecule has 1 saturated heterocycles. The third-order valence-corrected chi connectivity index (χ3v) is 4.77. The monoisotopic (exact) mass is 310 g/mol. The summed E-state index contributed by atoms with van der Waals surface area (Å²) in [6.07, 6.45) is 4.05. The number of aromatic nitrogens is 2. The van der Waals surface area contributed by atoms with Crippen LogP contribution in [0, 0.1) is 0 Å². The molecule has 5 heteroatoms. The summed E-state index contributed by atoms with van der Waals surface area (Å²) in [6.45, 7) is 4.26. The summed E-state index contributed by atoms with van der Waals surface area (Å²) < 4.78 is 5.40. The molecule has 1 fully saturated rings. The minimum atomic E-state index is 0.577. The molecule has 5 nitrogen and oxygen atoms in total. The van der Waals surface area contributed by atoms with Crippen LogP contribution in [0.1, 0.15) is 23.5 Å². The molecule has 23 heavy (non-hydrogen) atoms. The Morgan fingerprint density at radius 3 is 2.96 bits per heavy atom. The van der Waals surface area contributed by atoms with Crippen molar-refractivity contribution in [3.63, 3.8) is 0 Å². The average Bonchev–Trinajstić information content (AvgIpc) is 3.04. The van der Waals surface area contributed by atoms with Crippen LogP contribution < -0.4 is 10.2 Å². The van der Waals surface area contributed by atoms with Gasteiger partial charge in [0.1, 0.15) is 18.0 Å². The van der Waals surface area contributed by atoms with Crippen molar-refractivity contribution < 1.29 is 4.74 Å². The van der Waals surface area contributed by atoms with Crippen LogP contribution in [0.2, 0.25) is 0 Å². The molecule has 4 rings (SSSR count). The first kappa shape index (κ1) is 14.5. The summed E-state index contributed by atoms with van der Waals surface area (Å²) in [5.74, 6) is 2.47. The standard InChI is InChI=1S/C18H22N4O/c1-2-4-16-14(3-1)5-6-15(16)12-19-17-11-18(21-13-20-17)22-7-9-23-10-8-22/h1-4,11,13,15H,5-10,12H2,(H,19,20,21). The minimum Gasteiger partial charge on any atom is -0.378 e. The summed E-state index contributed by atoms with van der Waals surface area (Å²) in [5, 5.41) is 3.50. The fourth-order valence-corrected chi connectivity index (χ4v) is 3.49. The highest BCUT2D eigenvalue weighted by molar-refractivity contribution is 5.49. The normalized spacial score (nSPS) is 20.3. The second kappa shape index (κ2) is 6.54. The molecule has 1 aromatic heterocycles. The van der Waals surface area contributed by atoms with Crippen molar-refractivity contribution >= 4 is 11.6 Å². The SMILES string of the molecule is c1ccc2c(c1)CCC2CNc1cc(N2CCOCC2)ncn1. The number of morpholine rings is 1. The number of benzene rings is 1. The molecule has 0 bridgehead atoms. The van der Waals surface area contributed by atoms with E-state index >= 15 is 0 Å². The fraction of sp³-hybridized carbons (Fsp3) is 0.444. The molecule has 1 aliphatic heterocycles. The van der Waals surface area contributed by atoms with Gasteiger partial charge in [-0.2, -0.15) is 0 Å². The molecule has 1 aromatic carbocycles. The van der Waals surface area contributed by atoms with Crippen LogP contribution in [0.25, 0.3) is 0 Å². The van der Waals surface area contributed by atoms with E-state index in [4.69, 9.17) is 4.74 Å². The number of rotatable bonds is 4. The molecule has 1 aliphatic carbocycles. The Bertz CT molecular complexity index is 670. The van der Waals surface area contributed by atoms with E-state index < -0.39 is 0 Å². The fourth-order valence-electron chi connectivity index (χ4n) is 3.49. The van der Waals surface area contributed by atoms with Crippen molar-refractivity contribution in [2.75, 3.05) is 43.1 Å². The van der Waals surface area contributed by atoms with E-state index in [0.29, 0.717) is 5.92 Å². The van der Waals surface area contributed by atoms with Crippen molar-refractivity contribution in [2.24, 2.45) is 0 Å². The summed E-state index contributed by atoms with van der Waals surface area (Å²) >= 11 is 0. The van der Waals surface area contributed by atoms with Gasteiger partial charge in [0.15, 0.2) is 0 Å². The smallest absolute Gasteiger partial charge is 0.134 e. The van der Waals surface area contributed by atoms with Gasteiger partial charge in [-0.3, -0.25) is 0 Å². The number of nitrogens with one attached hydrogen (secondary N) is 1. The van der Waals surface area contributed by atoms with Gasteiger partial charge >= 0.3 is 0 Å². The lowest BCUT2D eigenvalue weighted by Gasteiger charge is -2.27. The second-order valence-electron chi connectivity index (χ2n) is 6.18. The molecule has 0 radical (unpaired) electrons. The van der Waals surface area contributed by atoms with E-state index in [2.05, 4.69) is 44.5 Å². The Kier molecular flexibility index (Phi) is 4.11. The summed E-state index contributed by atoms with van der Waals surface area (Å²) in [6, 6.07) is 10.8. The number of anilines is 2. The van der Waals surface area contributed by atoms with Crippen molar-refractivity contribution in [3.8, 4) is 0 Å². The number of ether oxygens (including phenoxy) is 1. The Morgan fingerprint density at radius 1 is 1.17 bits per heavy atom. The molecule has 0 amide bonds. The summed E-state index contributed by atoms with van der Waals surface area (Å²) in [4.78, 5) is 11.0. The Balaban J connectivity index is 1.42. The predicted octanol–water partition coefficient (Wildman–Crippen LogP) is 2.46. The van der Waals surface area contributed by atoms with Crippen LogP contribution >= 0.6 is 0 Å². The van der Waals surface area contributed by atoms with Gasteiger partial charge in [-0.05, 0) is 24.0 Å². The van der Waals surface area contributed by atoms with Gasteiger partial charge in [-0.15, -0.1) is 0 Å². The molecular weight excluding hydrogens is 288 g/mol. The largest absolute Gasteiger partial charge is 0.378 e. The van der Waals surface area contributed by atoms with Gasteiger partial charge in [-0.25, -0.2) is 9.97 Å². The van der Waals surface area contributed by atoms with Crippen LogP contribution in [-0.4, -0.2) is 42.8 Å². The van der Waals surface area contributed by atoms with Gasteiger partial charge in [0.2, 0.25) is 0 Å². The number of hydrogen-bond acceptors (Lipinski definition) is 5. The lowest BCUT2D eigenvalue weighted by molar-refractivity contribution is 0.122. The topological polar surface area (TPSA) is 50.3 Å². The van der Waals surface area contributed by atoms with E-state index in [-0.39, 0.29) is 0 Å². The first-order chi connectivity index (χ1) is 11.4. The maximum Gasteiger partial charge on any atom is 0.134 e. The number of aryl methyl sites for hydroxylation is 1. The van der Waals surface area contributed by atoms with E-state index in [9.17, 15) is 0 Å². The highest BCUT2D eigenvalue weighted by Crippen LogP contribution is 2.32. The van der Waals surface area contributed by atoms with E-state index in [1.165, 1.54) is 24.0 Å². The van der Waals surface area contributed by atoms with Crippen molar-refractivity contribution in [3.05, 3.63) is 47.8 Å². The van der Waals surface area contributed by atoms with Crippen LogP contribution in [0.15, 0.2) is 36.7 Å². The molecule has 0 spiro atoms. The zero-order valence-corrected chi connectivity index (χ0v) is 13.2. The zero-order valence-electron chi connectivity index (χ0n) is 13.2. The van der Waals surface area contributed by atoms with E-state index in [1.807, 2.05) is 6.07 Å². The minimum absolute atomic E-state index is 0.577. The predicted molar refractivity (Wildman–Crippen MR) is 91.1 cm³/mol. The zero-order chi connectivity index (χ0) is 15.5. The molecule has 1 N–H and O–H groups in total. The van der Waals surface area contributed by atoms with E-state index in [0.717, 1.165) is 44.5 Å². The maximum absolute atomic E-state index is 5.40. The molecule has 0 saturated carbocycles. The quantitative estimate of drug-likeness (QED) is 0.940. The third kappa shape index (κ3) is 3.15. The van der Waals surface area contributed by atoms with Gasteiger partial charge < -0.3 is 15.0 Å². The van der Waals surface area contributed by atoms with Crippen molar-refractivity contribution in [1.82, 2.24) is 9.97 Å². The van der Waals surface area contributed by atoms with Gasteiger partial charge in [-0.1, -0.05) is 24.3 Å². The molecular formula is C18H22N4O. The van der Waals surface area contributed by atoms with Gasteiger partial charge in [0.25, 0.3) is 0 Å². The highest BCUT2D eigenvalue weighted by Gasteiger charge is 2.21. The van der Waals surface area contributed by atoms with Gasteiger partial charge in [0, 0.05) is 31.6 Å². The average molecular weight is 310 g/mol. The molecule has 1 unspecified atom stereocenters. The van der Waals surface area contributed by atoms with Crippen LogP contribution in [0.3, 0.4) is 0 Å². The molecule has 1 atom stereocenters. The van der Waals surface area contributed by atoms with Crippen molar-refractivity contribution in [2.45, 2.75) is 18.8 Å². The summed E-state index contributed by atoms with van der Waals surface area (Å²) in [7, 11) is 0. The van der Waals surface area contributed by atoms with E-state index in [1.54, 1.807) is 6.33 Å². The summed E-state index contributed by atoms with van der Waals surface area (Å²) in [5.41, 5.74) is 2.98. The molecule has 2 aliphatic rings. The van der Waals surface area contributed by atoms with Crippen LogP contribution in [0.4, 0.5) is 11.6 Å². The third-order valence-electron chi connectivity index (χ3n) is 4.77. The van der Waals surface area contributed by atoms with Crippen LogP contribution in [-0.2, 0) is 11.2 Å². The first-order valence-corrected chi connectivity index (χ1v) is 8.36. The maximum atomic E-state index is 5.40. The van der Waals surface area contributed by atoms with Crippen LogP contribution in [0.5, 0.6) is 0 Å².